The lowest BCUT2D eigenvalue weighted by atomic mass is 9.86. The Kier molecular flexibility index (Phi) is 5.96. The monoisotopic (exact) mass is 519 g/mol. The van der Waals surface area contributed by atoms with Crippen LogP contribution in [0.3, 0.4) is 0 Å². The minimum atomic E-state index is -4.78. The molecule has 1 aliphatic rings. The van der Waals surface area contributed by atoms with Crippen LogP contribution in [0.1, 0.15) is 23.1 Å². The highest BCUT2D eigenvalue weighted by Gasteiger charge is 2.62. The van der Waals surface area contributed by atoms with E-state index in [9.17, 15) is 13.2 Å². The maximum absolute atomic E-state index is 14.0. The van der Waals surface area contributed by atoms with Crippen LogP contribution in [0.4, 0.5) is 13.2 Å². The molecule has 1 unspecified atom stereocenters. The summed E-state index contributed by atoms with van der Waals surface area (Å²) in [6, 6.07) is 7.07. The van der Waals surface area contributed by atoms with E-state index in [1.807, 2.05) is 0 Å². The second kappa shape index (κ2) is 7.64. The van der Waals surface area contributed by atoms with Gasteiger partial charge in [-0.15, -0.1) is 0 Å². The average molecular weight is 522 g/mol. The zero-order chi connectivity index (χ0) is 20.0. The van der Waals surface area contributed by atoms with Gasteiger partial charge < -0.3 is 4.84 Å². The fourth-order valence-electron chi connectivity index (χ4n) is 2.68. The Morgan fingerprint density at radius 3 is 2.19 bits per heavy atom. The van der Waals surface area contributed by atoms with E-state index in [1.165, 1.54) is 0 Å². The Morgan fingerprint density at radius 2 is 1.67 bits per heavy atom. The molecule has 0 fully saturated rings. The van der Waals surface area contributed by atoms with E-state index in [1.54, 1.807) is 18.2 Å². The molecule has 10 heteroatoms. The van der Waals surface area contributed by atoms with Crippen LogP contribution < -0.4 is 0 Å². The minimum absolute atomic E-state index is 0.0318. The molecule has 0 spiro atoms. The van der Waals surface area contributed by atoms with Crippen molar-refractivity contribution in [2.24, 2.45) is 5.16 Å². The predicted octanol–water partition coefficient (Wildman–Crippen LogP) is 7.78. The van der Waals surface area contributed by atoms with Crippen molar-refractivity contribution in [3.8, 4) is 0 Å². The van der Waals surface area contributed by atoms with E-state index < -0.39 is 18.2 Å². The second-order valence-electron chi connectivity index (χ2n) is 5.82. The first kappa shape index (κ1) is 21.1. The first-order valence-corrected chi connectivity index (χ1v) is 10.0. The summed E-state index contributed by atoms with van der Waals surface area (Å²) in [6.45, 7) is 0. The molecule has 1 aliphatic heterocycles. The lowest BCUT2D eigenvalue weighted by Crippen LogP contribution is -2.42. The molecule has 0 radical (unpaired) electrons. The summed E-state index contributed by atoms with van der Waals surface area (Å²) in [5, 5.41) is 4.37. The Labute approximate surface area is 181 Å². The van der Waals surface area contributed by atoms with Crippen molar-refractivity contribution >= 4 is 68.0 Å². The number of hydrogen-bond donors (Lipinski definition) is 0. The molecule has 1 atom stereocenters. The Balaban J connectivity index is 2.04. The third-order valence-corrected chi connectivity index (χ3v) is 6.32. The lowest BCUT2D eigenvalue weighted by Gasteiger charge is -2.30. The van der Waals surface area contributed by atoms with Crippen LogP contribution >= 0.6 is 62.3 Å². The normalized spacial score (nSPS) is 19.8. The maximum Gasteiger partial charge on any atom is 0.435 e. The molecule has 144 valence electrons. The standard InChI is InChI=1S/C17H9BrCl4F3NO/c18-7-9-2-1-8(3-11(9)19)14-6-16(27-26-14,17(23,24)25)10-4-12(20)15(22)13(21)5-10/h1-5H,6-7H2. The first-order valence-electron chi connectivity index (χ1n) is 7.40. The number of nitrogens with zero attached hydrogens (tertiary/aromatic N) is 1. The first-order chi connectivity index (χ1) is 12.6. The highest BCUT2D eigenvalue weighted by atomic mass is 79.9. The third kappa shape index (κ3) is 3.79. The molecule has 27 heavy (non-hydrogen) atoms. The van der Waals surface area contributed by atoms with Crippen LogP contribution in [-0.2, 0) is 15.8 Å². The van der Waals surface area contributed by atoms with Crippen LogP contribution in [0.5, 0.6) is 0 Å². The second-order valence-corrected chi connectivity index (χ2v) is 7.98. The van der Waals surface area contributed by atoms with Crippen LogP contribution in [0.2, 0.25) is 20.1 Å². The maximum atomic E-state index is 14.0. The number of rotatable bonds is 3. The largest absolute Gasteiger partial charge is 0.435 e. The van der Waals surface area contributed by atoms with Gasteiger partial charge in [0.2, 0.25) is 0 Å². The molecular weight excluding hydrogens is 513 g/mol. The molecule has 2 nitrogen and oxygen atoms in total. The number of benzene rings is 2. The van der Waals surface area contributed by atoms with Crippen molar-refractivity contribution < 1.29 is 18.0 Å². The molecule has 0 saturated carbocycles. The number of oxime groups is 1. The molecule has 2 aromatic rings. The smallest absolute Gasteiger partial charge is 0.374 e. The van der Waals surface area contributed by atoms with Crippen LogP contribution in [0.15, 0.2) is 35.5 Å². The summed E-state index contributed by atoms with van der Waals surface area (Å²) < 4.78 is 42.0. The molecule has 0 saturated heterocycles. The molecule has 0 amide bonds. The predicted molar refractivity (Wildman–Crippen MR) is 106 cm³/mol. The zero-order valence-corrected chi connectivity index (χ0v) is 17.8. The summed E-state index contributed by atoms with van der Waals surface area (Å²) in [6.07, 6.45) is -5.34. The molecule has 2 aromatic carbocycles. The zero-order valence-electron chi connectivity index (χ0n) is 13.2. The van der Waals surface area contributed by atoms with Gasteiger partial charge in [-0.25, -0.2) is 0 Å². The van der Waals surface area contributed by atoms with Gasteiger partial charge in [-0.05, 0) is 23.8 Å². The van der Waals surface area contributed by atoms with E-state index in [0.717, 1.165) is 17.7 Å². The number of alkyl halides is 4. The van der Waals surface area contributed by atoms with Gasteiger partial charge in [0, 0.05) is 27.9 Å². The SMILES string of the molecule is FC(F)(F)C1(c2cc(Cl)c(Cl)c(Cl)c2)CC(c2ccc(CBr)c(Cl)c2)=NO1. The van der Waals surface area contributed by atoms with E-state index in [2.05, 4.69) is 21.1 Å². The van der Waals surface area contributed by atoms with Gasteiger partial charge in [-0.1, -0.05) is 79.6 Å². The highest BCUT2D eigenvalue weighted by Crippen LogP contribution is 2.50. The van der Waals surface area contributed by atoms with E-state index >= 15 is 0 Å². The van der Waals surface area contributed by atoms with Crippen molar-refractivity contribution in [1.82, 2.24) is 0 Å². The molecule has 0 aliphatic carbocycles. The van der Waals surface area contributed by atoms with Gasteiger partial charge in [0.15, 0.2) is 0 Å². The van der Waals surface area contributed by atoms with Gasteiger partial charge in [0.25, 0.3) is 5.60 Å². The molecule has 0 aromatic heterocycles. The van der Waals surface area contributed by atoms with Crippen LogP contribution in [-0.4, -0.2) is 11.9 Å². The number of hydrogen-bond acceptors (Lipinski definition) is 2. The minimum Gasteiger partial charge on any atom is -0.374 e. The quantitative estimate of drug-likeness (QED) is 0.298. The van der Waals surface area contributed by atoms with Crippen molar-refractivity contribution in [3.63, 3.8) is 0 Å². The lowest BCUT2D eigenvalue weighted by molar-refractivity contribution is -0.275. The molecule has 0 bridgehead atoms. The van der Waals surface area contributed by atoms with Gasteiger partial charge >= 0.3 is 6.18 Å². The molecule has 0 N–H and O–H groups in total. The van der Waals surface area contributed by atoms with E-state index in [4.69, 9.17) is 51.2 Å². The third-order valence-electron chi connectivity index (χ3n) is 4.17. The summed E-state index contributed by atoms with van der Waals surface area (Å²) >= 11 is 27.1. The number of halogens is 8. The van der Waals surface area contributed by atoms with Crippen molar-refractivity contribution in [1.29, 1.82) is 0 Å². The molecular formula is C17H9BrCl4F3NO. The van der Waals surface area contributed by atoms with Gasteiger partial charge in [-0.3, -0.25) is 0 Å². The fraction of sp³-hybridized carbons (Fsp3) is 0.235. The fourth-order valence-corrected chi connectivity index (χ4v) is 4.18. The van der Waals surface area contributed by atoms with Crippen molar-refractivity contribution in [2.45, 2.75) is 23.5 Å². The Hall–Kier alpha value is -0.660. The summed E-state index contributed by atoms with van der Waals surface area (Å²) in [4.78, 5) is 4.95. The summed E-state index contributed by atoms with van der Waals surface area (Å²) in [5.41, 5.74) is -1.66. The van der Waals surface area contributed by atoms with Crippen LogP contribution in [0, 0.1) is 0 Å². The Bertz CT molecular complexity index is 912. The van der Waals surface area contributed by atoms with E-state index in [-0.39, 0.29) is 26.3 Å². The Morgan fingerprint density at radius 1 is 1.04 bits per heavy atom. The summed E-state index contributed by atoms with van der Waals surface area (Å²) in [7, 11) is 0. The average Bonchev–Trinajstić information content (AvgIpc) is 3.06. The summed E-state index contributed by atoms with van der Waals surface area (Å²) in [5.74, 6) is 0. The van der Waals surface area contributed by atoms with Gasteiger partial charge in [-0.2, -0.15) is 13.2 Å². The van der Waals surface area contributed by atoms with Crippen molar-refractivity contribution in [3.05, 3.63) is 67.1 Å². The van der Waals surface area contributed by atoms with Crippen molar-refractivity contribution in [2.75, 3.05) is 0 Å². The molecule has 3 rings (SSSR count). The van der Waals surface area contributed by atoms with Gasteiger partial charge in [0.05, 0.1) is 20.8 Å². The van der Waals surface area contributed by atoms with E-state index in [0.29, 0.717) is 15.9 Å². The highest BCUT2D eigenvalue weighted by molar-refractivity contribution is 9.08. The molecule has 1 heterocycles. The van der Waals surface area contributed by atoms with Gasteiger partial charge in [0.1, 0.15) is 0 Å². The topological polar surface area (TPSA) is 21.6 Å². The van der Waals surface area contributed by atoms with Crippen LogP contribution in [0.25, 0.3) is 0 Å².